The quantitative estimate of drug-likeness (QED) is 0.868. The van der Waals surface area contributed by atoms with Gasteiger partial charge in [-0.1, -0.05) is 12.1 Å². The van der Waals surface area contributed by atoms with Crippen molar-refractivity contribution in [1.29, 1.82) is 0 Å². The van der Waals surface area contributed by atoms with E-state index in [0.29, 0.717) is 37.2 Å². The van der Waals surface area contributed by atoms with Crippen LogP contribution in [0.4, 0.5) is 14.9 Å². The summed E-state index contributed by atoms with van der Waals surface area (Å²) in [5.41, 5.74) is 5.97. The molecule has 6 heteroatoms. The van der Waals surface area contributed by atoms with Crippen LogP contribution >= 0.6 is 0 Å². The number of para-hydroxylation sites is 1. The number of carbonyl (C=O) groups is 1. The predicted octanol–water partition coefficient (Wildman–Crippen LogP) is 1.38. The SMILES string of the molecule is NC(=O)OC1CCN(c2c(F)cccc2CO)CC1. The van der Waals surface area contributed by atoms with E-state index < -0.39 is 6.09 Å². The average Bonchev–Trinajstić information content (AvgIpc) is 2.39. The van der Waals surface area contributed by atoms with Crippen LogP contribution in [0.5, 0.6) is 0 Å². The fraction of sp³-hybridized carbons (Fsp3) is 0.462. The van der Waals surface area contributed by atoms with Crippen LogP contribution in [0.25, 0.3) is 0 Å². The van der Waals surface area contributed by atoms with E-state index in [9.17, 15) is 14.3 Å². The van der Waals surface area contributed by atoms with Crippen LogP contribution in [0.15, 0.2) is 18.2 Å². The zero-order valence-corrected chi connectivity index (χ0v) is 10.5. The standard InChI is InChI=1S/C13H17FN2O3/c14-11-3-1-2-9(8-17)12(11)16-6-4-10(5-7-16)19-13(15)18/h1-3,10,17H,4-8H2,(H2,15,18). The van der Waals surface area contributed by atoms with Gasteiger partial charge in [-0.25, -0.2) is 9.18 Å². The number of ether oxygens (including phenoxy) is 1. The predicted molar refractivity (Wildman–Crippen MR) is 68.2 cm³/mol. The molecule has 3 N–H and O–H groups in total. The largest absolute Gasteiger partial charge is 0.446 e. The molecule has 1 aliphatic rings. The fourth-order valence-corrected chi connectivity index (χ4v) is 2.40. The lowest BCUT2D eigenvalue weighted by Crippen LogP contribution is -2.39. The summed E-state index contributed by atoms with van der Waals surface area (Å²) >= 11 is 0. The van der Waals surface area contributed by atoms with Gasteiger partial charge in [0.2, 0.25) is 0 Å². The summed E-state index contributed by atoms with van der Waals surface area (Å²) < 4.78 is 18.8. The summed E-state index contributed by atoms with van der Waals surface area (Å²) in [6.07, 6.45) is 0.211. The number of benzene rings is 1. The monoisotopic (exact) mass is 268 g/mol. The van der Waals surface area contributed by atoms with E-state index in [1.54, 1.807) is 12.1 Å². The summed E-state index contributed by atoms with van der Waals surface area (Å²) in [5, 5.41) is 9.27. The Hall–Kier alpha value is -1.82. The summed E-state index contributed by atoms with van der Waals surface area (Å²) in [6.45, 7) is 0.919. The summed E-state index contributed by atoms with van der Waals surface area (Å²) in [6, 6.07) is 4.65. The van der Waals surface area contributed by atoms with E-state index in [2.05, 4.69) is 0 Å². The second-order valence-corrected chi connectivity index (χ2v) is 4.53. The smallest absolute Gasteiger partial charge is 0.404 e. The molecule has 0 saturated carbocycles. The molecular formula is C13H17FN2O3. The number of hydrogen-bond acceptors (Lipinski definition) is 4. The Kier molecular flexibility index (Phi) is 4.21. The van der Waals surface area contributed by atoms with Gasteiger partial charge in [-0.2, -0.15) is 0 Å². The van der Waals surface area contributed by atoms with Crippen molar-refractivity contribution in [2.75, 3.05) is 18.0 Å². The third kappa shape index (κ3) is 3.14. The molecule has 1 fully saturated rings. The highest BCUT2D eigenvalue weighted by atomic mass is 19.1. The van der Waals surface area contributed by atoms with E-state index in [-0.39, 0.29) is 18.5 Å². The zero-order chi connectivity index (χ0) is 13.8. The molecule has 19 heavy (non-hydrogen) atoms. The molecule has 0 radical (unpaired) electrons. The molecule has 0 unspecified atom stereocenters. The van der Waals surface area contributed by atoms with Crippen molar-refractivity contribution in [3.05, 3.63) is 29.6 Å². The highest BCUT2D eigenvalue weighted by Gasteiger charge is 2.24. The molecule has 0 atom stereocenters. The summed E-state index contributed by atoms with van der Waals surface area (Å²) in [5.74, 6) is -0.346. The van der Waals surface area contributed by atoms with Gasteiger partial charge in [0.25, 0.3) is 0 Å². The van der Waals surface area contributed by atoms with Gasteiger partial charge in [0.05, 0.1) is 12.3 Å². The van der Waals surface area contributed by atoms with Crippen molar-refractivity contribution in [3.63, 3.8) is 0 Å². The van der Waals surface area contributed by atoms with Crippen LogP contribution in [0.3, 0.4) is 0 Å². The first-order valence-electron chi connectivity index (χ1n) is 6.21. The van der Waals surface area contributed by atoms with E-state index in [4.69, 9.17) is 10.5 Å². The summed E-state index contributed by atoms with van der Waals surface area (Å²) in [4.78, 5) is 12.5. The molecule has 5 nitrogen and oxygen atoms in total. The average molecular weight is 268 g/mol. The van der Waals surface area contributed by atoms with Gasteiger partial charge in [-0.15, -0.1) is 0 Å². The highest BCUT2D eigenvalue weighted by Crippen LogP contribution is 2.28. The van der Waals surface area contributed by atoms with E-state index >= 15 is 0 Å². The third-order valence-electron chi connectivity index (χ3n) is 3.28. The first-order valence-corrected chi connectivity index (χ1v) is 6.21. The number of halogens is 1. The van der Waals surface area contributed by atoms with Gasteiger partial charge in [0, 0.05) is 31.5 Å². The Balaban J connectivity index is 2.07. The number of aliphatic hydroxyl groups excluding tert-OH is 1. The lowest BCUT2D eigenvalue weighted by atomic mass is 10.0. The van der Waals surface area contributed by atoms with Crippen molar-refractivity contribution in [1.82, 2.24) is 0 Å². The number of nitrogens with two attached hydrogens (primary N) is 1. The number of hydrogen-bond donors (Lipinski definition) is 2. The normalized spacial score (nSPS) is 16.4. The number of anilines is 1. The van der Waals surface area contributed by atoms with E-state index in [1.165, 1.54) is 6.07 Å². The number of aliphatic hydroxyl groups is 1. The Labute approximate surface area is 110 Å². The Morgan fingerprint density at radius 1 is 1.47 bits per heavy atom. The lowest BCUT2D eigenvalue weighted by Gasteiger charge is -2.34. The number of rotatable bonds is 3. The molecule has 104 valence electrons. The molecule has 1 saturated heterocycles. The minimum absolute atomic E-state index is 0.204. The number of carbonyl (C=O) groups excluding carboxylic acids is 1. The third-order valence-corrected chi connectivity index (χ3v) is 3.28. The first-order chi connectivity index (χ1) is 9.11. The second kappa shape index (κ2) is 5.88. The van der Waals surface area contributed by atoms with Gasteiger partial charge in [-0.05, 0) is 6.07 Å². The lowest BCUT2D eigenvalue weighted by molar-refractivity contribution is 0.0911. The number of nitrogens with zero attached hydrogens (tertiary/aromatic N) is 1. The molecule has 2 rings (SSSR count). The maximum Gasteiger partial charge on any atom is 0.404 e. The van der Waals surface area contributed by atoms with Crippen LogP contribution in [0, 0.1) is 5.82 Å². The molecule has 1 aliphatic heterocycles. The van der Waals surface area contributed by atoms with Gasteiger partial charge in [0.15, 0.2) is 0 Å². The van der Waals surface area contributed by atoms with Crippen LogP contribution in [0.2, 0.25) is 0 Å². The minimum atomic E-state index is -0.777. The van der Waals surface area contributed by atoms with Crippen molar-refractivity contribution >= 4 is 11.8 Å². The van der Waals surface area contributed by atoms with Crippen LogP contribution in [0.1, 0.15) is 18.4 Å². The van der Waals surface area contributed by atoms with Crippen molar-refractivity contribution in [2.45, 2.75) is 25.6 Å². The summed E-state index contributed by atoms with van der Waals surface area (Å²) in [7, 11) is 0. The minimum Gasteiger partial charge on any atom is -0.446 e. The highest BCUT2D eigenvalue weighted by molar-refractivity contribution is 5.64. The van der Waals surface area contributed by atoms with Crippen molar-refractivity contribution in [2.24, 2.45) is 5.73 Å². The Morgan fingerprint density at radius 2 is 2.16 bits per heavy atom. The van der Waals surface area contributed by atoms with Gasteiger partial charge in [-0.3, -0.25) is 0 Å². The van der Waals surface area contributed by atoms with Gasteiger partial charge in [0.1, 0.15) is 11.9 Å². The first kappa shape index (κ1) is 13.6. The molecular weight excluding hydrogens is 251 g/mol. The van der Waals surface area contributed by atoms with Crippen LogP contribution in [-0.4, -0.2) is 30.4 Å². The Bertz CT molecular complexity index is 459. The van der Waals surface area contributed by atoms with Crippen LogP contribution in [-0.2, 0) is 11.3 Å². The van der Waals surface area contributed by atoms with Gasteiger partial charge < -0.3 is 20.5 Å². The maximum atomic E-state index is 13.9. The molecule has 0 aromatic heterocycles. The Morgan fingerprint density at radius 3 is 2.74 bits per heavy atom. The topological polar surface area (TPSA) is 75.8 Å². The zero-order valence-electron chi connectivity index (χ0n) is 10.5. The number of primary amides is 1. The molecule has 1 aromatic rings. The maximum absolute atomic E-state index is 13.9. The molecule has 0 aliphatic carbocycles. The molecule has 1 heterocycles. The van der Waals surface area contributed by atoms with E-state index in [0.717, 1.165) is 0 Å². The van der Waals surface area contributed by atoms with Crippen molar-refractivity contribution < 1.29 is 19.0 Å². The molecule has 1 amide bonds. The number of amides is 1. The fourth-order valence-electron chi connectivity index (χ4n) is 2.40. The molecule has 1 aromatic carbocycles. The van der Waals surface area contributed by atoms with Crippen LogP contribution < -0.4 is 10.6 Å². The van der Waals surface area contributed by atoms with Crippen molar-refractivity contribution in [3.8, 4) is 0 Å². The second-order valence-electron chi connectivity index (χ2n) is 4.53. The molecule has 0 spiro atoms. The number of piperidine rings is 1. The van der Waals surface area contributed by atoms with E-state index in [1.807, 2.05) is 4.90 Å². The molecule has 0 bridgehead atoms. The van der Waals surface area contributed by atoms with Gasteiger partial charge >= 0.3 is 6.09 Å².